The van der Waals surface area contributed by atoms with Crippen molar-refractivity contribution in [3.8, 4) is 5.75 Å². The second-order valence-electron chi connectivity index (χ2n) is 2.76. The number of hydrogen-bond acceptors (Lipinski definition) is 2. The Morgan fingerprint density at radius 2 is 2.27 bits per heavy atom. The van der Waals surface area contributed by atoms with Crippen LogP contribution in [0.25, 0.3) is 0 Å². The van der Waals surface area contributed by atoms with Gasteiger partial charge in [-0.1, -0.05) is 12.1 Å². The van der Waals surface area contributed by atoms with Crippen LogP contribution in [0.4, 0.5) is 0 Å². The van der Waals surface area contributed by atoms with Gasteiger partial charge in [-0.2, -0.15) is 0 Å². The minimum atomic E-state index is -0.148. The van der Waals surface area contributed by atoms with Gasteiger partial charge in [-0.15, -0.1) is 0 Å². The zero-order valence-corrected chi connectivity index (χ0v) is 6.26. The van der Waals surface area contributed by atoms with E-state index in [4.69, 9.17) is 4.74 Å². The lowest BCUT2D eigenvalue weighted by Gasteiger charge is -1.96. The van der Waals surface area contributed by atoms with Gasteiger partial charge in [0.15, 0.2) is 0 Å². The highest BCUT2D eigenvalue weighted by molar-refractivity contribution is 5.80. The molecule has 0 spiro atoms. The van der Waals surface area contributed by atoms with Gasteiger partial charge in [-0.05, 0) is 18.6 Å². The average molecular weight is 148 g/mol. The minimum Gasteiger partial charge on any atom is -0.426 e. The molecule has 1 heterocycles. The fourth-order valence-corrected chi connectivity index (χ4v) is 1.22. The molecule has 0 aliphatic carbocycles. The zero-order chi connectivity index (χ0) is 7.84. The third-order valence-electron chi connectivity index (χ3n) is 1.78. The lowest BCUT2D eigenvalue weighted by Crippen LogP contribution is -2.00. The number of hydrogen-bond donors (Lipinski definition) is 0. The van der Waals surface area contributed by atoms with Crippen molar-refractivity contribution in [2.24, 2.45) is 0 Å². The summed E-state index contributed by atoms with van der Waals surface area (Å²) < 4.78 is 4.95. The fraction of sp³-hybridized carbons (Fsp3) is 0.222. The maximum Gasteiger partial charge on any atom is 0.315 e. The topological polar surface area (TPSA) is 26.3 Å². The highest BCUT2D eigenvalue weighted by Crippen LogP contribution is 2.26. The molecule has 0 bridgehead atoms. The summed E-state index contributed by atoms with van der Waals surface area (Å²) in [7, 11) is 0. The maximum atomic E-state index is 10.8. The second-order valence-corrected chi connectivity index (χ2v) is 2.76. The van der Waals surface area contributed by atoms with Gasteiger partial charge in [-0.3, -0.25) is 4.79 Å². The molecule has 11 heavy (non-hydrogen) atoms. The lowest BCUT2D eigenvalue weighted by molar-refractivity contribution is -0.131. The van der Waals surface area contributed by atoms with Crippen molar-refractivity contribution >= 4 is 5.97 Å². The van der Waals surface area contributed by atoms with Crippen LogP contribution in [-0.2, 0) is 11.2 Å². The van der Waals surface area contributed by atoms with Gasteiger partial charge in [0.05, 0.1) is 6.42 Å². The summed E-state index contributed by atoms with van der Waals surface area (Å²) in [6.45, 7) is 1.98. The first kappa shape index (κ1) is 6.40. The summed E-state index contributed by atoms with van der Waals surface area (Å²) in [6.07, 6.45) is 0.426. The third kappa shape index (κ3) is 1.00. The molecule has 0 N–H and O–H groups in total. The molecule has 0 fully saturated rings. The van der Waals surface area contributed by atoms with Crippen molar-refractivity contribution in [2.75, 3.05) is 0 Å². The Morgan fingerprint density at radius 1 is 1.45 bits per heavy atom. The minimum absolute atomic E-state index is 0.148. The summed E-state index contributed by atoms with van der Waals surface area (Å²) >= 11 is 0. The molecule has 0 saturated heterocycles. The highest BCUT2D eigenvalue weighted by Gasteiger charge is 2.19. The molecule has 0 aromatic heterocycles. The van der Waals surface area contributed by atoms with E-state index in [0.717, 1.165) is 16.9 Å². The summed E-state index contributed by atoms with van der Waals surface area (Å²) in [4.78, 5) is 10.8. The van der Waals surface area contributed by atoms with E-state index in [-0.39, 0.29) is 5.97 Å². The summed E-state index contributed by atoms with van der Waals surface area (Å²) in [5.41, 5.74) is 2.12. The SMILES string of the molecule is Cc1ccc2c(c1)OC(=O)C2. The van der Waals surface area contributed by atoms with E-state index in [1.54, 1.807) is 0 Å². The first-order valence-corrected chi connectivity index (χ1v) is 3.56. The number of esters is 1. The van der Waals surface area contributed by atoms with Crippen LogP contribution in [0.5, 0.6) is 5.75 Å². The van der Waals surface area contributed by atoms with Gasteiger partial charge in [0.2, 0.25) is 0 Å². The molecule has 0 unspecified atom stereocenters. The molecule has 56 valence electrons. The summed E-state index contributed by atoms with van der Waals surface area (Å²) in [5, 5.41) is 0. The molecule has 1 aromatic carbocycles. The average Bonchev–Trinajstić information content (AvgIpc) is 2.27. The standard InChI is InChI=1S/C9H8O2/c1-6-2-3-7-5-9(10)11-8(7)4-6/h2-4H,5H2,1H3. The van der Waals surface area contributed by atoms with E-state index in [1.807, 2.05) is 25.1 Å². The van der Waals surface area contributed by atoms with Crippen LogP contribution in [0.1, 0.15) is 11.1 Å². The molecule has 2 rings (SSSR count). The van der Waals surface area contributed by atoms with Crippen LogP contribution >= 0.6 is 0 Å². The number of ether oxygens (including phenoxy) is 1. The molecule has 2 heteroatoms. The Bertz CT molecular complexity index is 315. The van der Waals surface area contributed by atoms with E-state index in [9.17, 15) is 4.79 Å². The van der Waals surface area contributed by atoms with Crippen molar-refractivity contribution in [3.63, 3.8) is 0 Å². The molecule has 0 saturated carbocycles. The number of fused-ring (bicyclic) bond motifs is 1. The van der Waals surface area contributed by atoms with Crippen LogP contribution in [0.3, 0.4) is 0 Å². The Kier molecular flexibility index (Phi) is 1.22. The van der Waals surface area contributed by atoms with Crippen LogP contribution in [0, 0.1) is 6.92 Å². The number of rotatable bonds is 0. The largest absolute Gasteiger partial charge is 0.426 e. The molecule has 0 amide bonds. The van der Waals surface area contributed by atoms with Gasteiger partial charge >= 0.3 is 5.97 Å². The van der Waals surface area contributed by atoms with Crippen molar-refractivity contribution in [3.05, 3.63) is 29.3 Å². The Labute approximate surface area is 64.8 Å². The smallest absolute Gasteiger partial charge is 0.315 e. The van der Waals surface area contributed by atoms with E-state index in [0.29, 0.717) is 6.42 Å². The van der Waals surface area contributed by atoms with Gasteiger partial charge in [0.1, 0.15) is 5.75 Å². The second kappa shape index (κ2) is 2.09. The zero-order valence-electron chi connectivity index (χ0n) is 6.26. The molecule has 0 atom stereocenters. The number of aryl methyl sites for hydroxylation is 1. The third-order valence-corrected chi connectivity index (χ3v) is 1.78. The van der Waals surface area contributed by atoms with E-state index in [2.05, 4.69) is 0 Å². The summed E-state index contributed by atoms with van der Waals surface area (Å²) in [5.74, 6) is 0.584. The lowest BCUT2D eigenvalue weighted by atomic mass is 10.1. The Hall–Kier alpha value is -1.31. The Morgan fingerprint density at radius 3 is 3.09 bits per heavy atom. The molecular formula is C9H8O2. The summed E-state index contributed by atoms with van der Waals surface area (Å²) in [6, 6.07) is 5.82. The van der Waals surface area contributed by atoms with Crippen molar-refractivity contribution in [2.45, 2.75) is 13.3 Å². The van der Waals surface area contributed by atoms with Crippen LogP contribution < -0.4 is 4.74 Å². The van der Waals surface area contributed by atoms with Crippen LogP contribution in [0.15, 0.2) is 18.2 Å². The van der Waals surface area contributed by atoms with Gasteiger partial charge in [-0.25, -0.2) is 0 Å². The highest BCUT2D eigenvalue weighted by atomic mass is 16.5. The quantitative estimate of drug-likeness (QED) is 0.411. The van der Waals surface area contributed by atoms with Crippen molar-refractivity contribution < 1.29 is 9.53 Å². The Balaban J connectivity index is 2.51. The van der Waals surface area contributed by atoms with Gasteiger partial charge in [0.25, 0.3) is 0 Å². The predicted octanol–water partition coefficient (Wildman–Crippen LogP) is 1.46. The van der Waals surface area contributed by atoms with Gasteiger partial charge < -0.3 is 4.74 Å². The van der Waals surface area contributed by atoms with Crippen molar-refractivity contribution in [1.82, 2.24) is 0 Å². The maximum absolute atomic E-state index is 10.8. The van der Waals surface area contributed by atoms with Crippen LogP contribution in [0.2, 0.25) is 0 Å². The number of carbonyl (C=O) groups excluding carboxylic acids is 1. The fourth-order valence-electron chi connectivity index (χ4n) is 1.22. The normalized spacial score (nSPS) is 14.5. The monoisotopic (exact) mass is 148 g/mol. The number of carbonyl (C=O) groups is 1. The van der Waals surface area contributed by atoms with E-state index >= 15 is 0 Å². The van der Waals surface area contributed by atoms with E-state index in [1.165, 1.54) is 0 Å². The number of benzene rings is 1. The molecule has 1 aliphatic heterocycles. The first-order valence-electron chi connectivity index (χ1n) is 3.56. The van der Waals surface area contributed by atoms with E-state index < -0.39 is 0 Å². The molecule has 1 aromatic rings. The molecule has 2 nitrogen and oxygen atoms in total. The van der Waals surface area contributed by atoms with Crippen molar-refractivity contribution in [1.29, 1.82) is 0 Å². The van der Waals surface area contributed by atoms with Gasteiger partial charge in [0, 0.05) is 5.56 Å². The first-order chi connectivity index (χ1) is 5.25. The molecule has 0 radical (unpaired) electrons. The predicted molar refractivity (Wildman–Crippen MR) is 40.5 cm³/mol. The molecule has 1 aliphatic rings. The van der Waals surface area contributed by atoms with Crippen LogP contribution in [-0.4, -0.2) is 5.97 Å². The molecular weight excluding hydrogens is 140 g/mol.